The van der Waals surface area contributed by atoms with Crippen LogP contribution in [0.15, 0.2) is 40.8 Å². The van der Waals surface area contributed by atoms with Gasteiger partial charge in [0.05, 0.1) is 5.56 Å². The van der Waals surface area contributed by atoms with Gasteiger partial charge in [0.1, 0.15) is 11.6 Å². The summed E-state index contributed by atoms with van der Waals surface area (Å²) in [6.07, 6.45) is 2.00. The van der Waals surface area contributed by atoms with E-state index in [2.05, 4.69) is 10.6 Å². The number of piperidine rings is 1. The summed E-state index contributed by atoms with van der Waals surface area (Å²) in [5, 5.41) is 6.16. The maximum Gasteiger partial charge on any atom is 0.287 e. The maximum atomic E-state index is 13.7. The predicted octanol–water partition coefficient (Wildman–Crippen LogP) is 2.57. The summed E-state index contributed by atoms with van der Waals surface area (Å²) in [6, 6.07) is 9.65. The van der Waals surface area contributed by atoms with Crippen molar-refractivity contribution in [2.75, 3.05) is 13.1 Å². The zero-order chi connectivity index (χ0) is 14.7. The van der Waals surface area contributed by atoms with Gasteiger partial charge in [-0.15, -0.1) is 0 Å². The molecule has 1 fully saturated rings. The third kappa shape index (κ3) is 3.13. The van der Waals surface area contributed by atoms with Crippen molar-refractivity contribution in [2.45, 2.75) is 18.9 Å². The molecule has 1 aromatic carbocycles. The van der Waals surface area contributed by atoms with E-state index < -0.39 is 0 Å². The second kappa shape index (κ2) is 6.10. The van der Waals surface area contributed by atoms with Gasteiger partial charge in [-0.1, -0.05) is 12.1 Å². The number of furan rings is 1. The average molecular weight is 288 g/mol. The molecule has 4 nitrogen and oxygen atoms in total. The van der Waals surface area contributed by atoms with Crippen LogP contribution in [-0.4, -0.2) is 25.0 Å². The third-order valence-electron chi connectivity index (χ3n) is 3.60. The minimum absolute atomic E-state index is 0.119. The predicted molar refractivity (Wildman–Crippen MR) is 77.5 cm³/mol. The van der Waals surface area contributed by atoms with Crippen LogP contribution in [0.5, 0.6) is 0 Å². The Morgan fingerprint density at radius 3 is 2.90 bits per heavy atom. The number of hydrogen-bond acceptors (Lipinski definition) is 3. The summed E-state index contributed by atoms with van der Waals surface area (Å²) in [7, 11) is 0. The van der Waals surface area contributed by atoms with Crippen molar-refractivity contribution < 1.29 is 13.6 Å². The fourth-order valence-electron chi connectivity index (χ4n) is 2.50. The quantitative estimate of drug-likeness (QED) is 0.912. The molecule has 1 aromatic heterocycles. The number of amides is 1. The highest BCUT2D eigenvalue weighted by molar-refractivity contribution is 5.92. The Balaban J connectivity index is 1.72. The Labute approximate surface area is 122 Å². The SMILES string of the molecule is O=C(N[C@H]1CCCNC1)c1ccc(-c2ccccc2F)o1. The lowest BCUT2D eigenvalue weighted by molar-refractivity contribution is 0.0903. The molecule has 2 aromatic rings. The Bertz CT molecular complexity index is 633. The molecule has 0 bridgehead atoms. The molecular weight excluding hydrogens is 271 g/mol. The highest BCUT2D eigenvalue weighted by atomic mass is 19.1. The largest absolute Gasteiger partial charge is 0.451 e. The molecule has 1 atom stereocenters. The van der Waals surface area contributed by atoms with E-state index in [0.29, 0.717) is 11.3 Å². The van der Waals surface area contributed by atoms with Gasteiger partial charge in [-0.3, -0.25) is 4.79 Å². The van der Waals surface area contributed by atoms with Crippen LogP contribution in [0.3, 0.4) is 0 Å². The Kier molecular flexibility index (Phi) is 4.01. The summed E-state index contributed by atoms with van der Waals surface area (Å²) in [6.45, 7) is 1.76. The van der Waals surface area contributed by atoms with Gasteiger partial charge < -0.3 is 15.1 Å². The van der Waals surface area contributed by atoms with Crippen LogP contribution in [0.2, 0.25) is 0 Å². The zero-order valence-electron chi connectivity index (χ0n) is 11.6. The van der Waals surface area contributed by atoms with E-state index in [9.17, 15) is 9.18 Å². The van der Waals surface area contributed by atoms with Gasteiger partial charge in [-0.25, -0.2) is 4.39 Å². The molecule has 110 valence electrons. The third-order valence-corrected chi connectivity index (χ3v) is 3.60. The van der Waals surface area contributed by atoms with Gasteiger partial charge in [0.25, 0.3) is 5.91 Å². The molecule has 0 unspecified atom stereocenters. The standard InChI is InChI=1S/C16H17FN2O2/c17-13-6-2-1-5-12(13)14-7-8-15(21-14)16(20)19-11-4-3-9-18-10-11/h1-2,5-8,11,18H,3-4,9-10H2,(H,19,20)/t11-/m0/s1. The number of carbonyl (C=O) groups excluding carboxylic acids is 1. The normalized spacial score (nSPS) is 18.4. The topological polar surface area (TPSA) is 54.3 Å². The number of carbonyl (C=O) groups is 1. The van der Waals surface area contributed by atoms with Gasteiger partial charge in [0, 0.05) is 12.6 Å². The number of nitrogens with one attached hydrogen (secondary N) is 2. The lowest BCUT2D eigenvalue weighted by atomic mass is 10.1. The highest BCUT2D eigenvalue weighted by Crippen LogP contribution is 2.24. The zero-order valence-corrected chi connectivity index (χ0v) is 11.6. The number of benzene rings is 1. The second-order valence-corrected chi connectivity index (χ2v) is 5.16. The molecule has 3 rings (SSSR count). The molecule has 2 heterocycles. The minimum Gasteiger partial charge on any atom is -0.451 e. The average Bonchev–Trinajstić information content (AvgIpc) is 2.98. The van der Waals surface area contributed by atoms with Crippen LogP contribution in [0.25, 0.3) is 11.3 Å². The van der Waals surface area contributed by atoms with Gasteiger partial charge in [-0.05, 0) is 43.7 Å². The van der Waals surface area contributed by atoms with Crippen molar-refractivity contribution in [2.24, 2.45) is 0 Å². The minimum atomic E-state index is -0.365. The van der Waals surface area contributed by atoms with Crippen LogP contribution in [0.4, 0.5) is 4.39 Å². The maximum absolute atomic E-state index is 13.7. The van der Waals surface area contributed by atoms with E-state index >= 15 is 0 Å². The Hall–Kier alpha value is -2.14. The van der Waals surface area contributed by atoms with E-state index in [4.69, 9.17) is 4.42 Å². The monoisotopic (exact) mass is 288 g/mol. The van der Waals surface area contributed by atoms with Gasteiger partial charge in [-0.2, -0.15) is 0 Å². The molecule has 0 aliphatic carbocycles. The molecule has 1 aliphatic heterocycles. The molecule has 21 heavy (non-hydrogen) atoms. The summed E-state index contributed by atoms with van der Waals surface area (Å²) < 4.78 is 19.2. The van der Waals surface area contributed by atoms with Crippen molar-refractivity contribution in [1.82, 2.24) is 10.6 Å². The molecule has 1 saturated heterocycles. The summed E-state index contributed by atoms with van der Waals surface area (Å²) in [4.78, 5) is 12.1. The van der Waals surface area contributed by atoms with Crippen molar-refractivity contribution in [3.8, 4) is 11.3 Å². The summed E-state index contributed by atoms with van der Waals surface area (Å²) >= 11 is 0. The van der Waals surface area contributed by atoms with Crippen molar-refractivity contribution in [1.29, 1.82) is 0 Å². The van der Waals surface area contributed by atoms with Crippen LogP contribution in [0.1, 0.15) is 23.4 Å². The smallest absolute Gasteiger partial charge is 0.287 e. The Morgan fingerprint density at radius 1 is 1.29 bits per heavy atom. The number of rotatable bonds is 3. The number of hydrogen-bond donors (Lipinski definition) is 2. The van der Waals surface area contributed by atoms with Crippen LogP contribution < -0.4 is 10.6 Å². The van der Waals surface area contributed by atoms with Gasteiger partial charge in [0.2, 0.25) is 0 Å². The molecule has 5 heteroatoms. The Morgan fingerprint density at radius 2 is 2.14 bits per heavy atom. The van der Waals surface area contributed by atoms with E-state index in [0.717, 1.165) is 25.9 Å². The fourth-order valence-corrected chi connectivity index (χ4v) is 2.50. The molecular formula is C16H17FN2O2. The molecule has 0 radical (unpaired) electrons. The first-order valence-electron chi connectivity index (χ1n) is 7.10. The van der Waals surface area contributed by atoms with Crippen LogP contribution >= 0.6 is 0 Å². The lowest BCUT2D eigenvalue weighted by Gasteiger charge is -2.23. The van der Waals surface area contributed by atoms with Crippen molar-refractivity contribution in [3.63, 3.8) is 0 Å². The van der Waals surface area contributed by atoms with E-state index in [1.165, 1.54) is 6.07 Å². The summed E-state index contributed by atoms with van der Waals surface area (Å²) in [5.74, 6) is -0.0552. The lowest BCUT2D eigenvalue weighted by Crippen LogP contribution is -2.45. The molecule has 0 saturated carbocycles. The first-order valence-corrected chi connectivity index (χ1v) is 7.10. The highest BCUT2D eigenvalue weighted by Gasteiger charge is 2.19. The van der Waals surface area contributed by atoms with Crippen LogP contribution in [-0.2, 0) is 0 Å². The van der Waals surface area contributed by atoms with Gasteiger partial charge >= 0.3 is 0 Å². The first kappa shape index (κ1) is 13.8. The van der Waals surface area contributed by atoms with Crippen LogP contribution in [0, 0.1) is 5.82 Å². The van der Waals surface area contributed by atoms with Gasteiger partial charge in [0.15, 0.2) is 5.76 Å². The molecule has 1 amide bonds. The summed E-state index contributed by atoms with van der Waals surface area (Å²) in [5.41, 5.74) is 0.357. The van der Waals surface area contributed by atoms with Crippen molar-refractivity contribution in [3.05, 3.63) is 48.0 Å². The van der Waals surface area contributed by atoms with E-state index in [-0.39, 0.29) is 23.5 Å². The number of halogens is 1. The first-order chi connectivity index (χ1) is 10.2. The molecule has 0 spiro atoms. The molecule has 2 N–H and O–H groups in total. The fraction of sp³-hybridized carbons (Fsp3) is 0.312. The van der Waals surface area contributed by atoms with Crippen molar-refractivity contribution >= 4 is 5.91 Å². The molecule has 1 aliphatic rings. The van der Waals surface area contributed by atoms with E-state index in [1.807, 2.05) is 0 Å². The van der Waals surface area contributed by atoms with E-state index in [1.54, 1.807) is 30.3 Å². The second-order valence-electron chi connectivity index (χ2n) is 5.16.